The highest BCUT2D eigenvalue weighted by atomic mass is 32.2. The number of alkyl halides is 3. The first-order chi connectivity index (χ1) is 25.9. The van der Waals surface area contributed by atoms with Crippen LogP contribution in [0.3, 0.4) is 0 Å². The molecule has 2 fully saturated rings. The molecular formula is C40H43F3N6O4S. The van der Waals surface area contributed by atoms with Gasteiger partial charge in [0.05, 0.1) is 35.7 Å². The molecule has 10 nitrogen and oxygen atoms in total. The van der Waals surface area contributed by atoms with E-state index < -0.39 is 29.1 Å². The van der Waals surface area contributed by atoms with Gasteiger partial charge in [0.1, 0.15) is 0 Å². The molecule has 0 saturated carbocycles. The van der Waals surface area contributed by atoms with Gasteiger partial charge in [0.25, 0.3) is 11.8 Å². The highest BCUT2D eigenvalue weighted by molar-refractivity contribution is 7.99. The highest BCUT2D eigenvalue weighted by Gasteiger charge is 2.31. The van der Waals surface area contributed by atoms with Gasteiger partial charge >= 0.3 is 6.18 Å². The number of thioether (sulfide) groups is 1. The minimum absolute atomic E-state index is 0.108. The zero-order valence-corrected chi connectivity index (χ0v) is 30.8. The molecule has 0 radical (unpaired) electrons. The largest absolute Gasteiger partial charge is 0.416 e. The van der Waals surface area contributed by atoms with Crippen molar-refractivity contribution in [1.82, 2.24) is 15.2 Å². The average Bonchev–Trinajstić information content (AvgIpc) is 3.19. The third-order valence-corrected chi connectivity index (χ3v) is 10.5. The molecule has 1 aromatic heterocycles. The zero-order chi connectivity index (χ0) is 38.3. The lowest BCUT2D eigenvalue weighted by molar-refractivity contribution is -0.137. The van der Waals surface area contributed by atoms with Gasteiger partial charge in [0.2, 0.25) is 0 Å². The van der Waals surface area contributed by atoms with E-state index in [0.29, 0.717) is 54.3 Å². The van der Waals surface area contributed by atoms with Gasteiger partial charge in [-0.15, -0.1) is 0 Å². The topological polar surface area (TPSA) is 130 Å². The van der Waals surface area contributed by atoms with Crippen molar-refractivity contribution in [3.63, 3.8) is 0 Å². The van der Waals surface area contributed by atoms with Crippen LogP contribution >= 0.6 is 11.8 Å². The maximum Gasteiger partial charge on any atom is 0.416 e. The number of nitrogens with zero attached hydrogens (tertiary/aromatic N) is 3. The first kappa shape index (κ1) is 38.9. The Morgan fingerprint density at radius 2 is 1.59 bits per heavy atom. The molecular weight excluding hydrogens is 718 g/mol. The maximum atomic E-state index is 13.8. The van der Waals surface area contributed by atoms with E-state index in [4.69, 9.17) is 10.5 Å². The fourth-order valence-electron chi connectivity index (χ4n) is 6.39. The van der Waals surface area contributed by atoms with E-state index >= 15 is 0 Å². The lowest BCUT2D eigenvalue weighted by Gasteiger charge is -2.30. The summed E-state index contributed by atoms with van der Waals surface area (Å²) in [5.74, 6) is 0.733. The van der Waals surface area contributed by atoms with Crippen molar-refractivity contribution in [2.45, 2.75) is 31.6 Å². The van der Waals surface area contributed by atoms with Crippen LogP contribution < -0.4 is 21.3 Å². The van der Waals surface area contributed by atoms with Crippen molar-refractivity contribution < 1.29 is 32.3 Å². The number of halogens is 3. The van der Waals surface area contributed by atoms with Crippen molar-refractivity contribution >= 4 is 40.7 Å². The smallest absolute Gasteiger partial charge is 0.379 e. The third-order valence-electron chi connectivity index (χ3n) is 9.59. The van der Waals surface area contributed by atoms with Crippen molar-refractivity contribution in [3.05, 3.63) is 113 Å². The predicted molar refractivity (Wildman–Crippen MR) is 205 cm³/mol. The molecule has 2 aliphatic rings. The molecule has 6 rings (SSSR count). The summed E-state index contributed by atoms with van der Waals surface area (Å²) < 4.78 is 45.1. The number of nitrogens with one attached hydrogen (secondary N) is 2. The minimum Gasteiger partial charge on any atom is -0.379 e. The monoisotopic (exact) mass is 760 g/mol. The normalized spacial score (nSPS) is 16.4. The number of benzene rings is 3. The Labute approximate surface area is 316 Å². The summed E-state index contributed by atoms with van der Waals surface area (Å²) in [6.07, 6.45) is -2.57. The van der Waals surface area contributed by atoms with Gasteiger partial charge in [-0.1, -0.05) is 24.3 Å². The number of morpholine rings is 1. The Morgan fingerprint density at radius 3 is 2.35 bits per heavy atom. The van der Waals surface area contributed by atoms with Gasteiger partial charge in [0, 0.05) is 84.9 Å². The number of Topliss-reactive ketones (excluding diaryl/α,β-unsaturated/α-hetero) is 1. The molecule has 14 heteroatoms. The van der Waals surface area contributed by atoms with Crippen LogP contribution in [0.1, 0.15) is 55.5 Å². The number of amides is 2. The lowest BCUT2D eigenvalue weighted by atomic mass is 9.88. The number of nitrogens with two attached hydrogens (primary N) is 1. The fraction of sp³-hybridized carbons (Fsp3) is 0.350. The molecule has 0 spiro atoms. The fourth-order valence-corrected chi connectivity index (χ4v) is 7.29. The molecule has 2 saturated heterocycles. The molecule has 1 atom stereocenters. The van der Waals surface area contributed by atoms with Crippen molar-refractivity contribution in [3.8, 4) is 11.3 Å². The van der Waals surface area contributed by atoms with Crippen LogP contribution in [0.2, 0.25) is 0 Å². The van der Waals surface area contributed by atoms with E-state index in [-0.39, 0.29) is 23.5 Å². The number of carbonyl (C=O) groups is 3. The van der Waals surface area contributed by atoms with Crippen LogP contribution in [0, 0.1) is 0 Å². The molecule has 2 aliphatic heterocycles. The second kappa shape index (κ2) is 17.1. The number of rotatable bonds is 12. The summed E-state index contributed by atoms with van der Waals surface area (Å²) in [6, 6.07) is 20.0. The summed E-state index contributed by atoms with van der Waals surface area (Å²) in [7, 11) is 0. The van der Waals surface area contributed by atoms with Crippen LogP contribution in [0.5, 0.6) is 0 Å². The third kappa shape index (κ3) is 9.85. The molecule has 0 aliphatic carbocycles. The maximum absolute atomic E-state index is 13.8. The van der Waals surface area contributed by atoms with E-state index in [0.717, 1.165) is 55.5 Å². The Bertz CT molecular complexity index is 1980. The number of ketones is 1. The molecule has 4 N–H and O–H groups in total. The molecule has 1 unspecified atom stereocenters. The van der Waals surface area contributed by atoms with E-state index in [1.807, 2.05) is 23.9 Å². The number of hydrogen-bond donors (Lipinski definition) is 3. The Balaban J connectivity index is 1.22. The summed E-state index contributed by atoms with van der Waals surface area (Å²) in [5.41, 5.74) is 8.09. The van der Waals surface area contributed by atoms with Gasteiger partial charge in [-0.25, -0.2) is 0 Å². The minimum atomic E-state index is -4.50. The van der Waals surface area contributed by atoms with E-state index in [1.165, 1.54) is 24.4 Å². The van der Waals surface area contributed by atoms with E-state index in [1.54, 1.807) is 43.3 Å². The van der Waals surface area contributed by atoms with Crippen LogP contribution in [0.15, 0.2) is 85.1 Å². The van der Waals surface area contributed by atoms with Gasteiger partial charge in [-0.3, -0.25) is 24.3 Å². The van der Waals surface area contributed by atoms with Gasteiger partial charge in [-0.2, -0.15) is 24.9 Å². The highest BCUT2D eigenvalue weighted by Crippen LogP contribution is 2.34. The predicted octanol–water partition coefficient (Wildman–Crippen LogP) is 6.13. The van der Waals surface area contributed by atoms with Crippen molar-refractivity contribution in [2.75, 3.05) is 67.7 Å². The summed E-state index contributed by atoms with van der Waals surface area (Å²) in [5, 5.41) is 5.68. The van der Waals surface area contributed by atoms with Gasteiger partial charge in [0.15, 0.2) is 5.78 Å². The molecule has 54 heavy (non-hydrogen) atoms. The number of pyridine rings is 1. The van der Waals surface area contributed by atoms with E-state index in [2.05, 4.69) is 25.4 Å². The number of aromatic nitrogens is 1. The second-order valence-electron chi connectivity index (χ2n) is 13.6. The molecule has 3 heterocycles. The quantitative estimate of drug-likeness (QED) is 0.146. The average molecular weight is 761 g/mol. The number of hydrogen-bond acceptors (Lipinski definition) is 9. The number of ether oxygens (including phenoxy) is 1. The Kier molecular flexibility index (Phi) is 12.4. The molecule has 3 aromatic carbocycles. The summed E-state index contributed by atoms with van der Waals surface area (Å²) >= 11 is 1.88. The SMILES string of the molecule is CC(N)(CCN1CCOCC1)C(=O)c1cccc(C(=O)Nc2ccc(N3CCSCC3)cc2-c2cc(C(=O)NCc3cccc(C(F)(F)F)c3)ccn2)c1. The van der Waals surface area contributed by atoms with Gasteiger partial charge < -0.3 is 26.0 Å². The number of carbonyl (C=O) groups excluding carboxylic acids is 3. The summed E-state index contributed by atoms with van der Waals surface area (Å²) in [6.45, 7) is 6.82. The molecule has 284 valence electrons. The zero-order valence-electron chi connectivity index (χ0n) is 30.0. The first-order valence-electron chi connectivity index (χ1n) is 17.8. The van der Waals surface area contributed by atoms with Crippen LogP contribution in [0.25, 0.3) is 11.3 Å². The van der Waals surface area contributed by atoms with Crippen LogP contribution in [-0.2, 0) is 17.5 Å². The van der Waals surface area contributed by atoms with E-state index in [9.17, 15) is 27.6 Å². The first-order valence-corrected chi connectivity index (χ1v) is 19.0. The van der Waals surface area contributed by atoms with Crippen LogP contribution in [0.4, 0.5) is 24.5 Å². The lowest BCUT2D eigenvalue weighted by Crippen LogP contribution is -2.48. The Hall–Kier alpha value is -4.76. The molecule has 2 amide bonds. The summed E-state index contributed by atoms with van der Waals surface area (Å²) in [4.78, 5) is 49.6. The van der Waals surface area contributed by atoms with Crippen molar-refractivity contribution in [2.24, 2.45) is 5.73 Å². The number of anilines is 2. The Morgan fingerprint density at radius 1 is 0.870 bits per heavy atom. The van der Waals surface area contributed by atoms with Crippen molar-refractivity contribution in [1.29, 1.82) is 0 Å². The van der Waals surface area contributed by atoms with Gasteiger partial charge in [-0.05, 0) is 73.5 Å². The molecule has 4 aromatic rings. The molecule has 0 bridgehead atoms. The van der Waals surface area contributed by atoms with Crippen LogP contribution in [-0.4, -0.2) is 90.5 Å². The standard InChI is InChI=1S/C40H43F3N6O4S/c1-39(44,11-13-48-14-18-53-19-15-48)36(50)28-5-3-6-29(23-28)38(52)47-34-9-8-32(49-16-20-54-21-17-49)25-33(34)35-24-30(10-12-45-35)37(51)46-26-27-4-2-7-31(22-27)40(41,42)43/h2-10,12,22-25H,11,13-21,26,44H2,1H3,(H,46,51)(H,47,52). The second-order valence-corrected chi connectivity index (χ2v) is 14.9.